The first-order valence-corrected chi connectivity index (χ1v) is 10.4. The van der Waals surface area contributed by atoms with Gasteiger partial charge in [0.2, 0.25) is 10.0 Å². The van der Waals surface area contributed by atoms with Crippen LogP contribution in [0.4, 0.5) is 17.3 Å². The number of nitrogen functional groups attached to an aromatic ring is 1. The lowest BCUT2D eigenvalue weighted by molar-refractivity contribution is 0.366. The summed E-state index contributed by atoms with van der Waals surface area (Å²) in [5.74, 6) is 0.708. The average molecular weight is 414 g/mol. The number of aromatic nitrogens is 6. The van der Waals surface area contributed by atoms with E-state index in [2.05, 4.69) is 25.5 Å². The SMILES string of the molecule is Cn1cc(Nc2cc(-c3cn(C4(CC#N)CN4S(C)(=O)=O)nc3N)ncn2)cn1. The largest absolute Gasteiger partial charge is 0.382 e. The van der Waals surface area contributed by atoms with Gasteiger partial charge in [-0.05, 0) is 0 Å². The van der Waals surface area contributed by atoms with Crippen molar-refractivity contribution in [1.29, 1.82) is 5.26 Å². The van der Waals surface area contributed by atoms with Crippen molar-refractivity contribution in [3.8, 4) is 17.3 Å². The van der Waals surface area contributed by atoms with E-state index in [4.69, 9.17) is 5.73 Å². The Hall–Kier alpha value is -3.50. The van der Waals surface area contributed by atoms with Gasteiger partial charge < -0.3 is 11.1 Å². The van der Waals surface area contributed by atoms with Crippen LogP contribution in [0.15, 0.2) is 31.0 Å². The highest BCUT2D eigenvalue weighted by Crippen LogP contribution is 2.44. The predicted octanol–water partition coefficient (Wildman–Crippen LogP) is 0.241. The van der Waals surface area contributed by atoms with Crippen LogP contribution >= 0.6 is 0 Å². The Morgan fingerprint density at radius 2 is 2.17 bits per heavy atom. The Morgan fingerprint density at radius 3 is 2.79 bits per heavy atom. The molecule has 2 atom stereocenters. The van der Waals surface area contributed by atoms with E-state index in [0.29, 0.717) is 17.1 Å². The predicted molar refractivity (Wildman–Crippen MR) is 104 cm³/mol. The number of nitriles is 1. The summed E-state index contributed by atoms with van der Waals surface area (Å²) in [5, 5.41) is 20.6. The highest BCUT2D eigenvalue weighted by molar-refractivity contribution is 7.88. The van der Waals surface area contributed by atoms with Gasteiger partial charge in [0.05, 0.1) is 48.4 Å². The van der Waals surface area contributed by atoms with Crippen LogP contribution in [-0.2, 0) is 22.7 Å². The normalized spacial score (nSPS) is 20.9. The third-order valence-corrected chi connectivity index (χ3v) is 5.88. The van der Waals surface area contributed by atoms with E-state index in [1.54, 1.807) is 36.4 Å². The highest BCUT2D eigenvalue weighted by Gasteiger charge is 2.60. The van der Waals surface area contributed by atoms with E-state index in [-0.39, 0.29) is 18.8 Å². The van der Waals surface area contributed by atoms with E-state index in [0.717, 1.165) is 11.9 Å². The number of sulfonamides is 1. The molecule has 0 spiro atoms. The molecule has 1 aliphatic heterocycles. The van der Waals surface area contributed by atoms with Crippen molar-refractivity contribution in [2.45, 2.75) is 12.1 Å². The van der Waals surface area contributed by atoms with Gasteiger partial charge in [-0.25, -0.2) is 23.1 Å². The monoisotopic (exact) mass is 414 g/mol. The molecule has 0 radical (unpaired) electrons. The number of nitrogens with two attached hydrogens (primary N) is 1. The maximum atomic E-state index is 11.9. The Morgan fingerprint density at radius 1 is 1.38 bits per heavy atom. The second kappa shape index (κ2) is 6.54. The lowest BCUT2D eigenvalue weighted by Gasteiger charge is -2.13. The number of nitrogens with one attached hydrogen (secondary N) is 1. The van der Waals surface area contributed by atoms with Gasteiger partial charge in [0.1, 0.15) is 12.1 Å². The van der Waals surface area contributed by atoms with Gasteiger partial charge in [-0.1, -0.05) is 0 Å². The maximum Gasteiger partial charge on any atom is 0.213 e. The van der Waals surface area contributed by atoms with Crippen LogP contribution in [0.25, 0.3) is 11.3 Å². The lowest BCUT2D eigenvalue weighted by atomic mass is 10.2. The molecule has 3 aromatic rings. The van der Waals surface area contributed by atoms with Crippen molar-refractivity contribution in [3.63, 3.8) is 0 Å². The number of rotatable bonds is 6. The van der Waals surface area contributed by atoms with Gasteiger partial charge in [-0.3, -0.25) is 4.68 Å². The molecule has 0 aliphatic carbocycles. The van der Waals surface area contributed by atoms with Crippen LogP contribution in [0, 0.1) is 11.3 Å². The zero-order valence-corrected chi connectivity index (χ0v) is 16.5. The summed E-state index contributed by atoms with van der Waals surface area (Å²) in [6.07, 6.45) is 7.50. The van der Waals surface area contributed by atoms with Crippen LogP contribution in [0.1, 0.15) is 6.42 Å². The first kappa shape index (κ1) is 18.8. The standard InChI is InChI=1S/C16H18N10O2S/c1-24-7-11(6-21-24)22-14-5-13(19-10-20-14)12-8-25(23-15(12)18)16(3-4-17)9-26(16)29(2,27)28/h5-8,10H,3,9H2,1-2H3,(H2,18,23)(H,19,20,22). The first-order chi connectivity index (χ1) is 13.7. The number of hydrogen-bond donors (Lipinski definition) is 2. The molecular weight excluding hydrogens is 396 g/mol. The van der Waals surface area contributed by atoms with Crippen LogP contribution < -0.4 is 11.1 Å². The fourth-order valence-corrected chi connectivity index (χ4v) is 4.37. The summed E-state index contributed by atoms with van der Waals surface area (Å²) in [6, 6.07) is 3.72. The van der Waals surface area contributed by atoms with Gasteiger partial charge in [0, 0.05) is 25.5 Å². The fraction of sp³-hybridized carbons (Fsp3) is 0.312. The van der Waals surface area contributed by atoms with Gasteiger partial charge in [0.15, 0.2) is 11.5 Å². The average Bonchev–Trinajstić information content (AvgIpc) is 3.06. The molecule has 29 heavy (non-hydrogen) atoms. The van der Waals surface area contributed by atoms with Crippen molar-refractivity contribution < 1.29 is 8.42 Å². The Labute approximate surface area is 166 Å². The van der Waals surface area contributed by atoms with Gasteiger partial charge in [0.25, 0.3) is 0 Å². The minimum Gasteiger partial charge on any atom is -0.382 e. The summed E-state index contributed by atoms with van der Waals surface area (Å²) in [5.41, 5.74) is 6.80. The molecule has 13 heteroatoms. The maximum absolute atomic E-state index is 11.9. The van der Waals surface area contributed by atoms with Crippen LogP contribution in [0.5, 0.6) is 0 Å². The van der Waals surface area contributed by atoms with Crippen LogP contribution in [0.3, 0.4) is 0 Å². The molecule has 2 unspecified atom stereocenters. The van der Waals surface area contributed by atoms with Crippen molar-refractivity contribution >= 4 is 27.3 Å². The third-order valence-electron chi connectivity index (χ3n) is 4.61. The van der Waals surface area contributed by atoms with Crippen molar-refractivity contribution in [3.05, 3.63) is 31.0 Å². The molecule has 4 heterocycles. The zero-order chi connectivity index (χ0) is 20.8. The quantitative estimate of drug-likeness (QED) is 0.538. The van der Waals surface area contributed by atoms with Crippen molar-refractivity contribution in [2.24, 2.45) is 7.05 Å². The van der Waals surface area contributed by atoms with E-state index in [1.165, 1.54) is 15.3 Å². The van der Waals surface area contributed by atoms with E-state index in [9.17, 15) is 13.7 Å². The summed E-state index contributed by atoms with van der Waals surface area (Å²) in [4.78, 5) is 8.43. The molecular formula is C16H18N10O2S. The second-order valence-electron chi connectivity index (χ2n) is 6.78. The van der Waals surface area contributed by atoms with Crippen molar-refractivity contribution in [1.82, 2.24) is 33.8 Å². The smallest absolute Gasteiger partial charge is 0.213 e. The van der Waals surface area contributed by atoms with Crippen molar-refractivity contribution in [2.75, 3.05) is 23.9 Å². The fourth-order valence-electron chi connectivity index (χ4n) is 3.16. The molecule has 0 aromatic carbocycles. The summed E-state index contributed by atoms with van der Waals surface area (Å²) < 4.78 is 28.2. The van der Waals surface area contributed by atoms with Gasteiger partial charge in [-0.15, -0.1) is 0 Å². The third kappa shape index (κ3) is 3.39. The van der Waals surface area contributed by atoms with E-state index < -0.39 is 15.7 Å². The molecule has 1 fully saturated rings. The minimum atomic E-state index is -3.48. The van der Waals surface area contributed by atoms with E-state index in [1.807, 2.05) is 6.07 Å². The Balaban J connectivity index is 1.67. The molecule has 1 saturated heterocycles. The topological polar surface area (TPSA) is 160 Å². The number of nitrogens with zero attached hydrogens (tertiary/aromatic N) is 8. The molecule has 0 bridgehead atoms. The number of anilines is 3. The van der Waals surface area contributed by atoms with E-state index >= 15 is 0 Å². The summed E-state index contributed by atoms with van der Waals surface area (Å²) in [7, 11) is -1.67. The van der Waals surface area contributed by atoms with Crippen LogP contribution in [-0.4, -0.2) is 55.1 Å². The minimum absolute atomic E-state index is 0.0434. The Kier molecular flexibility index (Phi) is 4.25. The van der Waals surface area contributed by atoms with Gasteiger partial charge in [-0.2, -0.15) is 19.8 Å². The Bertz CT molecular complexity index is 1220. The molecule has 0 amide bonds. The second-order valence-corrected chi connectivity index (χ2v) is 8.68. The molecule has 3 aromatic heterocycles. The van der Waals surface area contributed by atoms with Crippen LogP contribution in [0.2, 0.25) is 0 Å². The van der Waals surface area contributed by atoms with Gasteiger partial charge >= 0.3 is 0 Å². The highest BCUT2D eigenvalue weighted by atomic mass is 32.2. The molecule has 0 saturated carbocycles. The zero-order valence-electron chi connectivity index (χ0n) is 15.7. The lowest BCUT2D eigenvalue weighted by Crippen LogP contribution is -2.27. The summed E-state index contributed by atoms with van der Waals surface area (Å²) >= 11 is 0. The summed E-state index contributed by atoms with van der Waals surface area (Å²) in [6.45, 7) is 0.164. The number of hydrogen-bond acceptors (Lipinski definition) is 9. The number of aryl methyl sites for hydroxylation is 1. The molecule has 1 aliphatic rings. The first-order valence-electron chi connectivity index (χ1n) is 8.51. The molecule has 12 nitrogen and oxygen atoms in total. The molecule has 4 rings (SSSR count). The molecule has 150 valence electrons. The molecule has 3 N–H and O–H groups in total.